The summed E-state index contributed by atoms with van der Waals surface area (Å²) >= 11 is 0. The number of nitrogens with one attached hydrogen (secondary N) is 2. The molecule has 19 heavy (non-hydrogen) atoms. The molecule has 2 N–H and O–H groups in total. The summed E-state index contributed by atoms with van der Waals surface area (Å²) in [7, 11) is 1.88. The van der Waals surface area contributed by atoms with Crippen LogP contribution in [0, 0.1) is 0 Å². The Kier molecular flexibility index (Phi) is 4.93. The highest BCUT2D eigenvalue weighted by Gasteiger charge is 2.41. The smallest absolute Gasteiger partial charge is 0.230 e. The van der Waals surface area contributed by atoms with Crippen molar-refractivity contribution in [2.45, 2.75) is 18.3 Å². The summed E-state index contributed by atoms with van der Waals surface area (Å²) in [6.07, 6.45) is 1.50. The zero-order valence-electron chi connectivity index (χ0n) is 11.4. The van der Waals surface area contributed by atoms with Gasteiger partial charge in [0.15, 0.2) is 0 Å². The maximum absolute atomic E-state index is 12.6. The van der Waals surface area contributed by atoms with Crippen molar-refractivity contribution in [2.24, 2.45) is 0 Å². The van der Waals surface area contributed by atoms with E-state index in [9.17, 15) is 4.79 Å². The molecule has 4 heteroatoms. The molecule has 104 valence electrons. The Labute approximate surface area is 114 Å². The third kappa shape index (κ3) is 3.14. The normalized spacial score (nSPS) is 17.9. The second-order valence-electron chi connectivity index (χ2n) is 4.92. The molecule has 4 nitrogen and oxygen atoms in total. The Balaban J connectivity index is 2.17. The standard InChI is InChI=1S/C15H22N2O2/c1-16-9-10-17-14(18)15(7-11-19-12-8-15)13-5-3-2-4-6-13/h2-6,16H,7-12H2,1H3,(H,17,18). The van der Waals surface area contributed by atoms with E-state index >= 15 is 0 Å². The van der Waals surface area contributed by atoms with Gasteiger partial charge in [-0.15, -0.1) is 0 Å². The van der Waals surface area contributed by atoms with E-state index < -0.39 is 5.41 Å². The first-order chi connectivity index (χ1) is 9.29. The van der Waals surface area contributed by atoms with Gasteiger partial charge in [-0.3, -0.25) is 4.79 Å². The van der Waals surface area contributed by atoms with Gasteiger partial charge < -0.3 is 15.4 Å². The Hall–Kier alpha value is -1.39. The van der Waals surface area contributed by atoms with Gasteiger partial charge in [-0.1, -0.05) is 30.3 Å². The van der Waals surface area contributed by atoms with Crippen molar-refractivity contribution in [3.8, 4) is 0 Å². The number of benzene rings is 1. The van der Waals surface area contributed by atoms with Crippen LogP contribution < -0.4 is 10.6 Å². The van der Waals surface area contributed by atoms with Crippen LogP contribution in [0.2, 0.25) is 0 Å². The maximum Gasteiger partial charge on any atom is 0.230 e. The van der Waals surface area contributed by atoms with Gasteiger partial charge in [0.05, 0.1) is 5.41 Å². The predicted octanol–water partition coefficient (Wildman–Crippen LogP) is 1.07. The molecule has 0 atom stereocenters. The van der Waals surface area contributed by atoms with Crippen LogP contribution >= 0.6 is 0 Å². The molecule has 1 fully saturated rings. The molecule has 0 aromatic heterocycles. The molecule has 0 radical (unpaired) electrons. The molecule has 1 aliphatic rings. The zero-order valence-corrected chi connectivity index (χ0v) is 11.4. The molecule has 0 aliphatic carbocycles. The molecular formula is C15H22N2O2. The summed E-state index contributed by atoms with van der Waals surface area (Å²) in [5.41, 5.74) is 0.674. The number of ether oxygens (including phenoxy) is 1. The van der Waals surface area contributed by atoms with Crippen molar-refractivity contribution < 1.29 is 9.53 Å². The molecular weight excluding hydrogens is 240 g/mol. The molecule has 0 saturated carbocycles. The second-order valence-corrected chi connectivity index (χ2v) is 4.92. The van der Waals surface area contributed by atoms with Crippen molar-refractivity contribution in [1.82, 2.24) is 10.6 Å². The molecule has 0 spiro atoms. The van der Waals surface area contributed by atoms with Crippen molar-refractivity contribution >= 4 is 5.91 Å². The molecule has 1 aliphatic heterocycles. The van der Waals surface area contributed by atoms with E-state index in [0.29, 0.717) is 19.8 Å². The highest BCUT2D eigenvalue weighted by Crippen LogP contribution is 2.34. The predicted molar refractivity (Wildman–Crippen MR) is 75.1 cm³/mol. The van der Waals surface area contributed by atoms with Gasteiger partial charge in [-0.2, -0.15) is 0 Å². The lowest BCUT2D eigenvalue weighted by molar-refractivity contribution is -0.130. The topological polar surface area (TPSA) is 50.4 Å². The summed E-state index contributed by atoms with van der Waals surface area (Å²) in [5.74, 6) is 0.122. The third-order valence-electron chi connectivity index (χ3n) is 3.77. The first-order valence-electron chi connectivity index (χ1n) is 6.86. The van der Waals surface area contributed by atoms with Gasteiger partial charge in [0.25, 0.3) is 0 Å². The summed E-state index contributed by atoms with van der Waals surface area (Å²) in [4.78, 5) is 12.6. The van der Waals surface area contributed by atoms with Crippen molar-refractivity contribution in [3.63, 3.8) is 0 Å². The van der Waals surface area contributed by atoms with Crippen molar-refractivity contribution in [1.29, 1.82) is 0 Å². The number of carbonyl (C=O) groups excluding carboxylic acids is 1. The fourth-order valence-corrected chi connectivity index (χ4v) is 2.59. The van der Waals surface area contributed by atoms with E-state index in [1.807, 2.05) is 37.4 Å². The largest absolute Gasteiger partial charge is 0.381 e. The van der Waals surface area contributed by atoms with Crippen molar-refractivity contribution in [3.05, 3.63) is 35.9 Å². The Morgan fingerprint density at radius 1 is 1.21 bits per heavy atom. The van der Waals surface area contributed by atoms with Gasteiger partial charge in [0, 0.05) is 26.3 Å². The van der Waals surface area contributed by atoms with E-state index in [2.05, 4.69) is 10.6 Å². The Morgan fingerprint density at radius 2 is 1.89 bits per heavy atom. The zero-order chi connectivity index (χ0) is 13.6. The van der Waals surface area contributed by atoms with Crippen LogP contribution in [0.3, 0.4) is 0 Å². The summed E-state index contributed by atoms with van der Waals surface area (Å²) in [5, 5.41) is 6.07. The minimum absolute atomic E-state index is 0.122. The van der Waals surface area contributed by atoms with Crippen LogP contribution in [0.15, 0.2) is 30.3 Å². The average molecular weight is 262 g/mol. The number of hydrogen-bond donors (Lipinski definition) is 2. The van der Waals surface area contributed by atoms with Gasteiger partial charge in [0.1, 0.15) is 0 Å². The van der Waals surface area contributed by atoms with Crippen LogP contribution in [0.4, 0.5) is 0 Å². The number of carbonyl (C=O) groups is 1. The first kappa shape index (κ1) is 14.0. The van der Waals surface area contributed by atoms with Crippen LogP contribution in [0.5, 0.6) is 0 Å². The lowest BCUT2D eigenvalue weighted by Crippen LogP contribution is -2.49. The average Bonchev–Trinajstić information content (AvgIpc) is 2.49. The number of likely N-dealkylation sites (N-methyl/N-ethyl adjacent to an activating group) is 1. The fraction of sp³-hybridized carbons (Fsp3) is 0.533. The molecule has 1 amide bonds. The minimum atomic E-state index is -0.423. The Bertz CT molecular complexity index is 400. The molecule has 0 unspecified atom stereocenters. The minimum Gasteiger partial charge on any atom is -0.381 e. The van der Waals surface area contributed by atoms with Gasteiger partial charge in [-0.05, 0) is 25.5 Å². The molecule has 1 saturated heterocycles. The SMILES string of the molecule is CNCCNC(=O)C1(c2ccccc2)CCOCC1. The van der Waals surface area contributed by atoms with Crippen LogP contribution in [0.1, 0.15) is 18.4 Å². The van der Waals surface area contributed by atoms with Gasteiger partial charge in [-0.25, -0.2) is 0 Å². The van der Waals surface area contributed by atoms with Crippen LogP contribution in [-0.2, 0) is 14.9 Å². The van der Waals surface area contributed by atoms with Crippen molar-refractivity contribution in [2.75, 3.05) is 33.4 Å². The van der Waals surface area contributed by atoms with E-state index in [-0.39, 0.29) is 5.91 Å². The molecule has 1 aromatic rings. The summed E-state index contributed by atoms with van der Waals surface area (Å²) in [6.45, 7) is 2.74. The number of hydrogen-bond acceptors (Lipinski definition) is 3. The lowest BCUT2D eigenvalue weighted by atomic mass is 9.73. The summed E-state index contributed by atoms with van der Waals surface area (Å²) in [6, 6.07) is 10.1. The van der Waals surface area contributed by atoms with E-state index in [4.69, 9.17) is 4.74 Å². The number of rotatable bonds is 5. The molecule has 0 bridgehead atoms. The van der Waals surface area contributed by atoms with Crippen LogP contribution in [0.25, 0.3) is 0 Å². The quantitative estimate of drug-likeness (QED) is 0.781. The molecule has 2 rings (SSSR count). The maximum atomic E-state index is 12.6. The molecule has 1 aromatic carbocycles. The lowest BCUT2D eigenvalue weighted by Gasteiger charge is -2.36. The van der Waals surface area contributed by atoms with Gasteiger partial charge >= 0.3 is 0 Å². The third-order valence-corrected chi connectivity index (χ3v) is 3.77. The van der Waals surface area contributed by atoms with Gasteiger partial charge in [0.2, 0.25) is 5.91 Å². The number of amides is 1. The monoisotopic (exact) mass is 262 g/mol. The van der Waals surface area contributed by atoms with E-state index in [0.717, 1.165) is 24.9 Å². The molecule has 1 heterocycles. The van der Waals surface area contributed by atoms with E-state index in [1.165, 1.54) is 0 Å². The Morgan fingerprint density at radius 3 is 2.53 bits per heavy atom. The first-order valence-corrected chi connectivity index (χ1v) is 6.86. The highest BCUT2D eigenvalue weighted by molar-refractivity contribution is 5.88. The van der Waals surface area contributed by atoms with Crippen LogP contribution in [-0.4, -0.2) is 39.3 Å². The summed E-state index contributed by atoms with van der Waals surface area (Å²) < 4.78 is 5.43. The van der Waals surface area contributed by atoms with E-state index in [1.54, 1.807) is 0 Å². The second kappa shape index (κ2) is 6.68. The highest BCUT2D eigenvalue weighted by atomic mass is 16.5. The fourth-order valence-electron chi connectivity index (χ4n) is 2.59.